The first-order chi connectivity index (χ1) is 10.1. The quantitative estimate of drug-likeness (QED) is 0.874. The molecule has 1 aliphatic heterocycles. The molecule has 0 amide bonds. The summed E-state index contributed by atoms with van der Waals surface area (Å²) in [7, 11) is 0. The van der Waals surface area contributed by atoms with E-state index in [1.54, 1.807) is 13.0 Å². The lowest BCUT2D eigenvalue weighted by Gasteiger charge is -2.29. The van der Waals surface area contributed by atoms with E-state index in [9.17, 15) is 4.39 Å². The van der Waals surface area contributed by atoms with E-state index >= 15 is 0 Å². The highest BCUT2D eigenvalue weighted by atomic mass is 19.1. The predicted molar refractivity (Wildman–Crippen MR) is 84.9 cm³/mol. The maximum absolute atomic E-state index is 13.8. The Morgan fingerprint density at radius 2 is 2.10 bits per heavy atom. The first-order valence-electron chi connectivity index (χ1n) is 7.61. The van der Waals surface area contributed by atoms with Gasteiger partial charge in [-0.25, -0.2) is 4.39 Å². The van der Waals surface area contributed by atoms with Crippen molar-refractivity contribution in [3.05, 3.63) is 35.1 Å². The van der Waals surface area contributed by atoms with Gasteiger partial charge in [-0.3, -0.25) is 4.99 Å². The molecule has 4 nitrogen and oxygen atoms in total. The lowest BCUT2D eigenvalue weighted by atomic mass is 10.0. The molecule has 0 saturated heterocycles. The van der Waals surface area contributed by atoms with Gasteiger partial charge in [0.2, 0.25) is 0 Å². The second-order valence-corrected chi connectivity index (χ2v) is 5.44. The van der Waals surface area contributed by atoms with Gasteiger partial charge in [-0.05, 0) is 37.2 Å². The average molecular weight is 292 g/mol. The van der Waals surface area contributed by atoms with Crippen LogP contribution in [-0.4, -0.2) is 48.5 Å². The highest BCUT2D eigenvalue weighted by Gasteiger charge is 2.27. The average Bonchev–Trinajstić information content (AvgIpc) is 2.84. The molecule has 21 heavy (non-hydrogen) atoms. The molecule has 1 unspecified atom stereocenters. The summed E-state index contributed by atoms with van der Waals surface area (Å²) < 4.78 is 13.8. The highest BCUT2D eigenvalue weighted by Crippen LogP contribution is 2.26. The normalized spacial score (nSPS) is 18.4. The summed E-state index contributed by atoms with van der Waals surface area (Å²) in [5.74, 6) is 0.398. The number of benzene rings is 1. The molecule has 116 valence electrons. The summed E-state index contributed by atoms with van der Waals surface area (Å²) in [6.07, 6.45) is 0. The summed E-state index contributed by atoms with van der Waals surface area (Å²) in [5.41, 5.74) is 7.62. The van der Waals surface area contributed by atoms with Crippen LogP contribution in [-0.2, 0) is 0 Å². The Kier molecular flexibility index (Phi) is 5.17. The lowest BCUT2D eigenvalue weighted by molar-refractivity contribution is 0.248. The number of rotatable bonds is 6. The van der Waals surface area contributed by atoms with Crippen LogP contribution < -0.4 is 5.73 Å². The minimum atomic E-state index is -0.165. The Labute approximate surface area is 126 Å². The fourth-order valence-electron chi connectivity index (χ4n) is 2.69. The van der Waals surface area contributed by atoms with Crippen molar-refractivity contribution in [1.82, 2.24) is 9.80 Å². The number of nitrogens with zero attached hydrogens (tertiary/aromatic N) is 3. The second kappa shape index (κ2) is 6.89. The summed E-state index contributed by atoms with van der Waals surface area (Å²) >= 11 is 0. The highest BCUT2D eigenvalue weighted by molar-refractivity contribution is 5.80. The topological polar surface area (TPSA) is 44.9 Å². The van der Waals surface area contributed by atoms with Crippen molar-refractivity contribution in [2.24, 2.45) is 10.7 Å². The van der Waals surface area contributed by atoms with Crippen LogP contribution in [0.1, 0.15) is 31.0 Å². The number of nitrogens with two attached hydrogens (primary N) is 1. The largest absolute Gasteiger partial charge is 0.370 e. The third kappa shape index (κ3) is 3.53. The molecule has 0 bridgehead atoms. The molecule has 0 spiro atoms. The molecule has 0 fully saturated rings. The second-order valence-electron chi connectivity index (χ2n) is 5.44. The molecule has 0 saturated carbocycles. The predicted octanol–water partition coefficient (Wildman–Crippen LogP) is 2.15. The maximum Gasteiger partial charge on any atom is 0.191 e. The van der Waals surface area contributed by atoms with Crippen LogP contribution in [0.25, 0.3) is 0 Å². The number of hydrogen-bond acceptors (Lipinski definition) is 4. The van der Waals surface area contributed by atoms with Crippen LogP contribution in [0.3, 0.4) is 0 Å². The zero-order chi connectivity index (χ0) is 15.4. The Balaban J connectivity index is 2.10. The minimum Gasteiger partial charge on any atom is -0.370 e. The van der Waals surface area contributed by atoms with E-state index < -0.39 is 0 Å². The van der Waals surface area contributed by atoms with Crippen LogP contribution in [0.2, 0.25) is 0 Å². The first-order valence-corrected chi connectivity index (χ1v) is 7.61. The van der Waals surface area contributed by atoms with Gasteiger partial charge in [-0.1, -0.05) is 26.0 Å². The van der Waals surface area contributed by atoms with E-state index in [2.05, 4.69) is 28.6 Å². The Morgan fingerprint density at radius 1 is 1.38 bits per heavy atom. The van der Waals surface area contributed by atoms with Crippen molar-refractivity contribution in [2.45, 2.75) is 26.8 Å². The Hall–Kier alpha value is -1.62. The summed E-state index contributed by atoms with van der Waals surface area (Å²) in [6.45, 7) is 10.5. The standard InChI is InChI=1S/C16H25FN4/c1-4-20(5-2)8-9-21-15(11-19-16(21)18)13-7-6-12(3)14(17)10-13/h6-7,10,15H,4-5,8-9,11H2,1-3H3,(H2,18,19). The third-order valence-corrected chi connectivity index (χ3v) is 4.23. The summed E-state index contributed by atoms with van der Waals surface area (Å²) in [6, 6.07) is 5.46. The minimum absolute atomic E-state index is 0.0515. The molecule has 5 heteroatoms. The molecule has 0 radical (unpaired) electrons. The SMILES string of the molecule is CCN(CC)CCN1C(N)=NCC1c1ccc(C)c(F)c1. The monoisotopic (exact) mass is 292 g/mol. The molecule has 1 heterocycles. The number of likely N-dealkylation sites (N-methyl/N-ethyl adjacent to an activating group) is 1. The molecular formula is C16H25FN4. The molecule has 0 aliphatic carbocycles. The van der Waals surface area contributed by atoms with Crippen LogP contribution >= 0.6 is 0 Å². The molecule has 2 rings (SSSR count). The first kappa shape index (κ1) is 15.8. The van der Waals surface area contributed by atoms with E-state index in [-0.39, 0.29) is 11.9 Å². The Morgan fingerprint density at radius 3 is 2.71 bits per heavy atom. The summed E-state index contributed by atoms with van der Waals surface area (Å²) in [4.78, 5) is 8.77. The summed E-state index contributed by atoms with van der Waals surface area (Å²) in [5, 5.41) is 0. The number of aliphatic imine (C=N–C) groups is 1. The van der Waals surface area contributed by atoms with Crippen LogP contribution in [0.15, 0.2) is 23.2 Å². The zero-order valence-corrected chi connectivity index (χ0v) is 13.1. The van der Waals surface area contributed by atoms with Crippen molar-refractivity contribution in [1.29, 1.82) is 0 Å². The van der Waals surface area contributed by atoms with Gasteiger partial charge in [0.25, 0.3) is 0 Å². The molecule has 1 aromatic rings. The van der Waals surface area contributed by atoms with E-state index in [4.69, 9.17) is 5.73 Å². The Bertz CT molecular complexity index is 511. The van der Waals surface area contributed by atoms with Gasteiger partial charge in [-0.15, -0.1) is 0 Å². The molecule has 0 aromatic heterocycles. The van der Waals surface area contributed by atoms with Gasteiger partial charge in [-0.2, -0.15) is 0 Å². The fourth-order valence-corrected chi connectivity index (χ4v) is 2.69. The van der Waals surface area contributed by atoms with Crippen LogP contribution in [0, 0.1) is 12.7 Å². The van der Waals surface area contributed by atoms with Gasteiger partial charge < -0.3 is 15.5 Å². The van der Waals surface area contributed by atoms with Crippen molar-refractivity contribution < 1.29 is 4.39 Å². The smallest absolute Gasteiger partial charge is 0.191 e. The molecule has 1 aliphatic rings. The molecule has 1 atom stereocenters. The van der Waals surface area contributed by atoms with Gasteiger partial charge in [0, 0.05) is 13.1 Å². The fraction of sp³-hybridized carbons (Fsp3) is 0.562. The molecular weight excluding hydrogens is 267 g/mol. The van der Waals surface area contributed by atoms with Crippen molar-refractivity contribution in [3.8, 4) is 0 Å². The van der Waals surface area contributed by atoms with E-state index in [1.165, 1.54) is 0 Å². The lowest BCUT2D eigenvalue weighted by Crippen LogP contribution is -2.41. The molecule has 2 N–H and O–H groups in total. The van der Waals surface area contributed by atoms with E-state index in [1.807, 2.05) is 12.1 Å². The van der Waals surface area contributed by atoms with Crippen molar-refractivity contribution in [2.75, 3.05) is 32.7 Å². The van der Waals surface area contributed by atoms with Gasteiger partial charge in [0.1, 0.15) is 5.82 Å². The van der Waals surface area contributed by atoms with Gasteiger partial charge >= 0.3 is 0 Å². The van der Waals surface area contributed by atoms with Gasteiger partial charge in [0.05, 0.1) is 12.6 Å². The number of halogens is 1. The maximum atomic E-state index is 13.8. The van der Waals surface area contributed by atoms with Crippen molar-refractivity contribution >= 4 is 5.96 Å². The van der Waals surface area contributed by atoms with Crippen molar-refractivity contribution in [3.63, 3.8) is 0 Å². The van der Waals surface area contributed by atoms with Gasteiger partial charge in [0.15, 0.2) is 5.96 Å². The molecule has 1 aromatic carbocycles. The third-order valence-electron chi connectivity index (χ3n) is 4.23. The zero-order valence-electron chi connectivity index (χ0n) is 13.1. The van der Waals surface area contributed by atoms with E-state index in [0.717, 1.165) is 31.7 Å². The van der Waals surface area contributed by atoms with Crippen LogP contribution in [0.4, 0.5) is 4.39 Å². The van der Waals surface area contributed by atoms with E-state index in [0.29, 0.717) is 18.1 Å². The number of guanidine groups is 1. The number of aryl methyl sites for hydroxylation is 1. The number of hydrogen-bond donors (Lipinski definition) is 1. The van der Waals surface area contributed by atoms with Crippen LogP contribution in [0.5, 0.6) is 0 Å².